The smallest absolute Gasteiger partial charge is 0.338 e. The molecule has 0 bridgehead atoms. The molecule has 0 amide bonds. The molecule has 1 rings (SSSR count). The summed E-state index contributed by atoms with van der Waals surface area (Å²) in [7, 11) is 0. The zero-order chi connectivity index (χ0) is 10.9. The third-order valence-electron chi connectivity index (χ3n) is 1.85. The van der Waals surface area contributed by atoms with Crippen molar-refractivity contribution in [3.05, 3.63) is 28.5 Å². The molecule has 0 radical (unpaired) electrons. The van der Waals surface area contributed by atoms with Crippen LogP contribution in [0.15, 0.2) is 12.1 Å². The van der Waals surface area contributed by atoms with E-state index >= 15 is 0 Å². The Morgan fingerprint density at radius 2 is 2.00 bits per heavy atom. The molecule has 1 aromatic heterocycles. The van der Waals surface area contributed by atoms with Gasteiger partial charge in [0.2, 0.25) is 0 Å². The summed E-state index contributed by atoms with van der Waals surface area (Å²) in [6.45, 7) is 5.98. The first-order chi connectivity index (χ1) is 6.32. The van der Waals surface area contributed by atoms with E-state index in [9.17, 15) is 4.79 Å². The van der Waals surface area contributed by atoms with Gasteiger partial charge in [-0.1, -0.05) is 32.4 Å². The molecule has 1 aromatic rings. The number of aromatic carboxylic acids is 1. The van der Waals surface area contributed by atoms with Crippen molar-refractivity contribution in [1.82, 2.24) is 4.98 Å². The van der Waals surface area contributed by atoms with Gasteiger partial charge in [0.15, 0.2) is 0 Å². The van der Waals surface area contributed by atoms with E-state index in [0.29, 0.717) is 0 Å². The second-order valence-corrected chi connectivity index (χ2v) is 4.45. The van der Waals surface area contributed by atoms with Crippen LogP contribution < -0.4 is 0 Å². The number of aromatic nitrogens is 1. The quantitative estimate of drug-likeness (QED) is 0.730. The molecule has 76 valence electrons. The summed E-state index contributed by atoms with van der Waals surface area (Å²) >= 11 is 5.74. The Bertz CT molecular complexity index is 369. The minimum absolute atomic E-state index is 0.0414. The van der Waals surface area contributed by atoms with Gasteiger partial charge in [-0.15, -0.1) is 0 Å². The highest BCUT2D eigenvalue weighted by Gasteiger charge is 2.18. The van der Waals surface area contributed by atoms with Crippen LogP contribution in [-0.4, -0.2) is 16.1 Å². The highest BCUT2D eigenvalue weighted by molar-refractivity contribution is 6.32. The molecule has 1 N–H and O–H groups in total. The summed E-state index contributed by atoms with van der Waals surface area (Å²) < 4.78 is 0. The van der Waals surface area contributed by atoms with Crippen molar-refractivity contribution in [2.75, 3.05) is 0 Å². The Kier molecular flexibility index (Phi) is 2.81. The van der Waals surface area contributed by atoms with Crippen molar-refractivity contribution >= 4 is 17.6 Å². The average molecular weight is 214 g/mol. The molecular weight excluding hydrogens is 202 g/mol. The minimum Gasteiger partial charge on any atom is -0.478 e. The van der Waals surface area contributed by atoms with Gasteiger partial charge in [-0.2, -0.15) is 0 Å². The predicted molar refractivity (Wildman–Crippen MR) is 54.9 cm³/mol. The van der Waals surface area contributed by atoms with E-state index in [1.807, 2.05) is 20.8 Å². The molecule has 14 heavy (non-hydrogen) atoms. The molecule has 0 saturated carbocycles. The molecule has 3 nitrogen and oxygen atoms in total. The van der Waals surface area contributed by atoms with E-state index in [4.69, 9.17) is 16.7 Å². The van der Waals surface area contributed by atoms with E-state index in [-0.39, 0.29) is 16.1 Å². The number of carboxylic acid groups (broad SMARTS) is 1. The van der Waals surface area contributed by atoms with Gasteiger partial charge < -0.3 is 5.11 Å². The van der Waals surface area contributed by atoms with E-state index < -0.39 is 5.97 Å². The number of carbonyl (C=O) groups is 1. The monoisotopic (exact) mass is 213 g/mol. The van der Waals surface area contributed by atoms with Crippen LogP contribution in [0.3, 0.4) is 0 Å². The lowest BCUT2D eigenvalue weighted by Gasteiger charge is -2.17. The van der Waals surface area contributed by atoms with Crippen LogP contribution in [0.5, 0.6) is 0 Å². The van der Waals surface area contributed by atoms with Crippen LogP contribution >= 0.6 is 11.6 Å². The highest BCUT2D eigenvalue weighted by Crippen LogP contribution is 2.23. The Morgan fingerprint density at radius 3 is 2.36 bits per heavy atom. The fourth-order valence-corrected chi connectivity index (χ4v) is 1.25. The van der Waals surface area contributed by atoms with Crippen LogP contribution in [0.25, 0.3) is 0 Å². The van der Waals surface area contributed by atoms with E-state index in [0.717, 1.165) is 5.69 Å². The SMILES string of the molecule is CC(C)(C)c1ccc(C(=O)O)c(Cl)n1. The van der Waals surface area contributed by atoms with Gasteiger partial charge in [-0.25, -0.2) is 9.78 Å². The Labute approximate surface area is 87.7 Å². The second-order valence-electron chi connectivity index (χ2n) is 4.09. The van der Waals surface area contributed by atoms with Crippen LogP contribution in [0.2, 0.25) is 5.15 Å². The molecule has 4 heteroatoms. The van der Waals surface area contributed by atoms with Crippen molar-refractivity contribution < 1.29 is 9.90 Å². The molecule has 0 aromatic carbocycles. The predicted octanol–water partition coefficient (Wildman–Crippen LogP) is 2.73. The lowest BCUT2D eigenvalue weighted by atomic mass is 9.91. The van der Waals surface area contributed by atoms with Gasteiger partial charge in [-0.3, -0.25) is 0 Å². The van der Waals surface area contributed by atoms with E-state index in [1.54, 1.807) is 6.07 Å². The van der Waals surface area contributed by atoms with E-state index in [2.05, 4.69) is 4.98 Å². The first kappa shape index (κ1) is 11.0. The second kappa shape index (κ2) is 3.58. The molecule has 0 saturated heterocycles. The molecule has 1 heterocycles. The topological polar surface area (TPSA) is 50.2 Å². The van der Waals surface area contributed by atoms with Crippen LogP contribution in [-0.2, 0) is 5.41 Å². The summed E-state index contributed by atoms with van der Waals surface area (Å²) in [5.41, 5.74) is 0.702. The number of nitrogens with zero attached hydrogens (tertiary/aromatic N) is 1. The fourth-order valence-electron chi connectivity index (χ4n) is 1.01. The van der Waals surface area contributed by atoms with Gasteiger partial charge in [0.1, 0.15) is 5.15 Å². The van der Waals surface area contributed by atoms with Gasteiger partial charge >= 0.3 is 5.97 Å². The molecule has 0 atom stereocenters. The summed E-state index contributed by atoms with van der Waals surface area (Å²) in [6, 6.07) is 3.17. The van der Waals surface area contributed by atoms with Gasteiger partial charge in [0.25, 0.3) is 0 Å². The van der Waals surface area contributed by atoms with Gasteiger partial charge in [-0.05, 0) is 12.1 Å². The molecule has 0 aliphatic rings. The lowest BCUT2D eigenvalue weighted by Crippen LogP contribution is -2.14. The standard InChI is InChI=1S/C10H12ClNO2/c1-10(2,3)7-5-4-6(9(13)14)8(11)12-7/h4-5H,1-3H3,(H,13,14). The largest absolute Gasteiger partial charge is 0.478 e. The van der Waals surface area contributed by atoms with Crippen molar-refractivity contribution in [3.63, 3.8) is 0 Å². The van der Waals surface area contributed by atoms with Crippen LogP contribution in [0.1, 0.15) is 36.8 Å². The number of hydrogen-bond donors (Lipinski definition) is 1. The maximum atomic E-state index is 10.7. The molecule has 0 aliphatic heterocycles. The normalized spacial score (nSPS) is 11.4. The molecular formula is C10H12ClNO2. The summed E-state index contributed by atoms with van der Waals surface area (Å²) in [6.07, 6.45) is 0. The maximum absolute atomic E-state index is 10.7. The number of carboxylic acids is 1. The minimum atomic E-state index is -1.05. The molecule has 0 spiro atoms. The lowest BCUT2D eigenvalue weighted by molar-refractivity contribution is 0.0696. The number of halogens is 1. The third-order valence-corrected chi connectivity index (χ3v) is 2.14. The Balaban J connectivity index is 3.20. The third kappa shape index (κ3) is 2.23. The van der Waals surface area contributed by atoms with Gasteiger partial charge in [0.05, 0.1) is 5.56 Å². The first-order valence-corrected chi connectivity index (χ1v) is 4.60. The maximum Gasteiger partial charge on any atom is 0.338 e. The van der Waals surface area contributed by atoms with Crippen molar-refractivity contribution in [2.24, 2.45) is 0 Å². The Hall–Kier alpha value is -1.09. The highest BCUT2D eigenvalue weighted by atomic mass is 35.5. The number of rotatable bonds is 1. The van der Waals surface area contributed by atoms with Crippen LogP contribution in [0.4, 0.5) is 0 Å². The van der Waals surface area contributed by atoms with Crippen molar-refractivity contribution in [3.8, 4) is 0 Å². The van der Waals surface area contributed by atoms with Crippen LogP contribution in [0, 0.1) is 0 Å². The fraction of sp³-hybridized carbons (Fsp3) is 0.400. The number of pyridine rings is 1. The van der Waals surface area contributed by atoms with Crippen molar-refractivity contribution in [1.29, 1.82) is 0 Å². The van der Waals surface area contributed by atoms with E-state index in [1.165, 1.54) is 6.07 Å². The van der Waals surface area contributed by atoms with Crippen molar-refractivity contribution in [2.45, 2.75) is 26.2 Å². The van der Waals surface area contributed by atoms with Gasteiger partial charge in [0, 0.05) is 11.1 Å². The summed E-state index contributed by atoms with van der Waals surface area (Å²) in [4.78, 5) is 14.7. The molecule has 0 fully saturated rings. The first-order valence-electron chi connectivity index (χ1n) is 4.22. The Morgan fingerprint density at radius 1 is 1.43 bits per heavy atom. The molecule has 0 aliphatic carbocycles. The molecule has 0 unspecified atom stereocenters. The number of hydrogen-bond acceptors (Lipinski definition) is 2. The summed E-state index contributed by atoms with van der Waals surface area (Å²) in [5.74, 6) is -1.05. The zero-order valence-corrected chi connectivity index (χ0v) is 9.09. The zero-order valence-electron chi connectivity index (χ0n) is 8.34. The average Bonchev–Trinajstić information content (AvgIpc) is 2.01. The summed E-state index contributed by atoms with van der Waals surface area (Å²) in [5, 5.41) is 8.78.